The van der Waals surface area contributed by atoms with Crippen LogP contribution in [-0.4, -0.2) is 39.5 Å². The molecule has 7 heteroatoms. The summed E-state index contributed by atoms with van der Waals surface area (Å²) in [5.41, 5.74) is 6.19. The van der Waals surface area contributed by atoms with E-state index in [0.717, 1.165) is 0 Å². The summed E-state index contributed by atoms with van der Waals surface area (Å²) < 4.78 is 32.8. The van der Waals surface area contributed by atoms with Crippen LogP contribution in [0, 0.1) is 13.8 Å². The number of hydrogen-bond donors (Lipinski definition) is 2. The maximum Gasteiger partial charge on any atom is 0.244 e. The van der Waals surface area contributed by atoms with Crippen molar-refractivity contribution in [2.45, 2.75) is 44.2 Å². The lowest BCUT2D eigenvalue weighted by molar-refractivity contribution is 0.329. The molecule has 0 amide bonds. The van der Waals surface area contributed by atoms with E-state index < -0.39 is 10.0 Å². The molecule has 1 saturated carbocycles. The molecule has 0 bridgehead atoms. The first-order valence-corrected chi connectivity index (χ1v) is 8.34. The van der Waals surface area contributed by atoms with Gasteiger partial charge in [-0.2, -0.15) is 0 Å². The Bertz CT molecular complexity index is 576. The first-order chi connectivity index (χ1) is 9.36. The molecule has 1 aromatic rings. The first kappa shape index (κ1) is 15.5. The highest BCUT2D eigenvalue weighted by Gasteiger charge is 2.28. The van der Waals surface area contributed by atoms with Crippen molar-refractivity contribution in [1.29, 1.82) is 0 Å². The maximum atomic E-state index is 12.4. The standard InChI is InChI=1S/C13H23N3O3S/c1-9-12(8-14)13(10(2)19-9)20(17,18)15-6-7-16(3)11-4-5-11/h11,15H,4-8,14H2,1-3H3. The molecule has 0 spiro atoms. The molecule has 2 rings (SSSR count). The molecule has 114 valence electrons. The number of nitrogens with two attached hydrogens (primary N) is 1. The first-order valence-electron chi connectivity index (χ1n) is 6.85. The third-order valence-corrected chi connectivity index (χ3v) is 5.38. The van der Waals surface area contributed by atoms with Gasteiger partial charge in [-0.1, -0.05) is 0 Å². The lowest BCUT2D eigenvalue weighted by atomic mass is 10.2. The Morgan fingerprint density at radius 2 is 2.00 bits per heavy atom. The number of furan rings is 1. The average molecular weight is 301 g/mol. The van der Waals surface area contributed by atoms with E-state index in [0.29, 0.717) is 36.2 Å². The minimum absolute atomic E-state index is 0.154. The fourth-order valence-corrected chi connectivity index (χ4v) is 3.90. The average Bonchev–Trinajstić information content (AvgIpc) is 3.14. The van der Waals surface area contributed by atoms with Crippen molar-refractivity contribution >= 4 is 10.0 Å². The molecule has 0 saturated heterocycles. The SMILES string of the molecule is Cc1oc(C)c(S(=O)(=O)NCCN(C)C2CC2)c1CN. The van der Waals surface area contributed by atoms with E-state index in [2.05, 4.69) is 9.62 Å². The molecule has 0 unspecified atom stereocenters. The van der Waals surface area contributed by atoms with Gasteiger partial charge in [-0.25, -0.2) is 13.1 Å². The zero-order valence-corrected chi connectivity index (χ0v) is 13.1. The van der Waals surface area contributed by atoms with Crippen LogP contribution >= 0.6 is 0 Å². The van der Waals surface area contributed by atoms with Gasteiger partial charge in [0, 0.05) is 31.2 Å². The van der Waals surface area contributed by atoms with E-state index in [1.165, 1.54) is 12.8 Å². The van der Waals surface area contributed by atoms with Gasteiger partial charge in [0.1, 0.15) is 16.4 Å². The Kier molecular flexibility index (Phi) is 4.53. The second kappa shape index (κ2) is 5.85. The number of nitrogens with one attached hydrogen (secondary N) is 1. The Labute approximate surface area is 120 Å². The Morgan fingerprint density at radius 1 is 1.35 bits per heavy atom. The number of hydrogen-bond acceptors (Lipinski definition) is 5. The lowest BCUT2D eigenvalue weighted by Crippen LogP contribution is -2.34. The molecule has 1 fully saturated rings. The fraction of sp³-hybridized carbons (Fsp3) is 0.692. The van der Waals surface area contributed by atoms with Crippen LogP contribution in [0.2, 0.25) is 0 Å². The molecular formula is C13H23N3O3S. The molecule has 0 radical (unpaired) electrons. The second-order valence-electron chi connectivity index (χ2n) is 5.34. The molecule has 0 aliphatic heterocycles. The van der Waals surface area contributed by atoms with E-state index in [1.54, 1.807) is 13.8 Å². The zero-order chi connectivity index (χ0) is 14.9. The zero-order valence-electron chi connectivity index (χ0n) is 12.3. The van der Waals surface area contributed by atoms with Gasteiger partial charge in [0.2, 0.25) is 10.0 Å². The smallest absolute Gasteiger partial charge is 0.244 e. The summed E-state index contributed by atoms with van der Waals surface area (Å²) in [6.07, 6.45) is 2.42. The van der Waals surface area contributed by atoms with Crippen molar-refractivity contribution in [2.75, 3.05) is 20.1 Å². The summed E-state index contributed by atoms with van der Waals surface area (Å²) in [7, 11) is -1.55. The normalized spacial score (nSPS) is 16.1. The predicted molar refractivity (Wildman–Crippen MR) is 76.9 cm³/mol. The number of likely N-dealkylation sites (N-methyl/N-ethyl adjacent to an activating group) is 1. The van der Waals surface area contributed by atoms with E-state index in [4.69, 9.17) is 10.2 Å². The minimum Gasteiger partial charge on any atom is -0.465 e. The van der Waals surface area contributed by atoms with Gasteiger partial charge in [0.25, 0.3) is 0 Å². The predicted octanol–water partition coefficient (Wildman–Crippen LogP) is 0.728. The van der Waals surface area contributed by atoms with Crippen LogP contribution < -0.4 is 10.5 Å². The van der Waals surface area contributed by atoms with Gasteiger partial charge < -0.3 is 15.1 Å². The van der Waals surface area contributed by atoms with Gasteiger partial charge in [0.15, 0.2) is 0 Å². The van der Waals surface area contributed by atoms with E-state index in [9.17, 15) is 8.42 Å². The van der Waals surface area contributed by atoms with Crippen LogP contribution in [0.25, 0.3) is 0 Å². The van der Waals surface area contributed by atoms with Gasteiger partial charge in [0.05, 0.1) is 0 Å². The molecule has 1 aliphatic rings. The molecule has 1 aliphatic carbocycles. The lowest BCUT2D eigenvalue weighted by Gasteiger charge is -2.16. The van der Waals surface area contributed by atoms with Crippen LogP contribution in [0.15, 0.2) is 9.31 Å². The minimum atomic E-state index is -3.56. The van der Waals surface area contributed by atoms with Crippen molar-refractivity contribution in [3.63, 3.8) is 0 Å². The van der Waals surface area contributed by atoms with Crippen LogP contribution in [0.3, 0.4) is 0 Å². The maximum absolute atomic E-state index is 12.4. The van der Waals surface area contributed by atoms with Crippen LogP contribution in [0.1, 0.15) is 29.9 Å². The summed E-state index contributed by atoms with van der Waals surface area (Å²) in [4.78, 5) is 2.38. The highest BCUT2D eigenvalue weighted by molar-refractivity contribution is 7.89. The number of aryl methyl sites for hydroxylation is 2. The van der Waals surface area contributed by atoms with Crippen molar-refractivity contribution in [1.82, 2.24) is 9.62 Å². The highest BCUT2D eigenvalue weighted by Crippen LogP contribution is 2.26. The largest absolute Gasteiger partial charge is 0.465 e. The van der Waals surface area contributed by atoms with E-state index in [1.807, 2.05) is 7.05 Å². The summed E-state index contributed by atoms with van der Waals surface area (Å²) in [5, 5.41) is 0. The summed E-state index contributed by atoms with van der Waals surface area (Å²) in [6.45, 7) is 4.63. The molecule has 1 heterocycles. The summed E-state index contributed by atoms with van der Waals surface area (Å²) in [6, 6.07) is 0.622. The molecule has 1 aromatic heterocycles. The Hall–Kier alpha value is -0.890. The molecule has 3 N–H and O–H groups in total. The van der Waals surface area contributed by atoms with Crippen molar-refractivity contribution in [3.05, 3.63) is 17.1 Å². The Morgan fingerprint density at radius 3 is 2.55 bits per heavy atom. The van der Waals surface area contributed by atoms with E-state index >= 15 is 0 Å². The number of nitrogens with zero attached hydrogens (tertiary/aromatic N) is 1. The highest BCUT2D eigenvalue weighted by atomic mass is 32.2. The van der Waals surface area contributed by atoms with Crippen molar-refractivity contribution in [3.8, 4) is 0 Å². The quantitative estimate of drug-likeness (QED) is 0.775. The Balaban J connectivity index is 2.06. The van der Waals surface area contributed by atoms with Crippen molar-refractivity contribution < 1.29 is 12.8 Å². The molecule has 20 heavy (non-hydrogen) atoms. The number of rotatable bonds is 7. The molecule has 0 aromatic carbocycles. The van der Waals surface area contributed by atoms with E-state index in [-0.39, 0.29) is 11.4 Å². The van der Waals surface area contributed by atoms with Gasteiger partial charge >= 0.3 is 0 Å². The monoisotopic (exact) mass is 301 g/mol. The summed E-state index contributed by atoms with van der Waals surface area (Å²) >= 11 is 0. The second-order valence-corrected chi connectivity index (χ2v) is 7.04. The van der Waals surface area contributed by atoms with Gasteiger partial charge in [-0.05, 0) is 33.7 Å². The number of sulfonamides is 1. The molecule has 6 nitrogen and oxygen atoms in total. The fourth-order valence-electron chi connectivity index (χ4n) is 2.42. The van der Waals surface area contributed by atoms with Crippen LogP contribution in [0.5, 0.6) is 0 Å². The van der Waals surface area contributed by atoms with Crippen LogP contribution in [-0.2, 0) is 16.6 Å². The third-order valence-electron chi connectivity index (χ3n) is 3.72. The van der Waals surface area contributed by atoms with Crippen LogP contribution in [0.4, 0.5) is 0 Å². The summed E-state index contributed by atoms with van der Waals surface area (Å²) in [5.74, 6) is 0.964. The topological polar surface area (TPSA) is 88.6 Å². The van der Waals surface area contributed by atoms with Gasteiger partial charge in [-0.15, -0.1) is 0 Å². The van der Waals surface area contributed by atoms with Gasteiger partial charge in [-0.3, -0.25) is 0 Å². The van der Waals surface area contributed by atoms with Crippen molar-refractivity contribution in [2.24, 2.45) is 5.73 Å². The molecule has 0 atom stereocenters. The molecular weight excluding hydrogens is 278 g/mol. The third kappa shape index (κ3) is 3.22.